The van der Waals surface area contributed by atoms with Crippen molar-refractivity contribution in [3.63, 3.8) is 0 Å². The maximum Gasteiger partial charge on any atom is -0.0349 e. The summed E-state index contributed by atoms with van der Waals surface area (Å²) >= 11 is 0. The number of hydrogen-bond donors (Lipinski definition) is 0. The van der Waals surface area contributed by atoms with Crippen LogP contribution < -0.4 is 0 Å². The van der Waals surface area contributed by atoms with Crippen molar-refractivity contribution in [2.75, 3.05) is 0 Å². The van der Waals surface area contributed by atoms with Crippen molar-refractivity contribution in [2.24, 2.45) is 11.8 Å². The molecule has 0 aromatic carbocycles. The first kappa shape index (κ1) is 4.84. The van der Waals surface area contributed by atoms with E-state index < -0.39 is 0 Å². The molecule has 0 heteroatoms. The minimum Gasteiger partial charge on any atom is -0.0530 e. The molecule has 0 aliphatic heterocycles. The molecule has 2 aliphatic carbocycles. The maximum absolute atomic E-state index is 2.50. The van der Waals surface area contributed by atoms with Crippen molar-refractivity contribution in [3.05, 3.63) is 6.42 Å². The van der Waals surface area contributed by atoms with Crippen LogP contribution in [-0.2, 0) is 0 Å². The zero-order valence-electron chi connectivity index (χ0n) is 5.27. The van der Waals surface area contributed by atoms with Gasteiger partial charge in [-0.2, -0.15) is 0 Å². The average molecular weight is 109 g/mol. The number of fused-ring (bicyclic) bond motifs is 1. The highest BCUT2D eigenvalue weighted by Gasteiger charge is 2.32. The Labute approximate surface area is 51.3 Å². The molecule has 0 nitrogen and oxygen atoms in total. The van der Waals surface area contributed by atoms with Gasteiger partial charge in [0.15, 0.2) is 0 Å². The van der Waals surface area contributed by atoms with Crippen molar-refractivity contribution >= 4 is 0 Å². The summed E-state index contributed by atoms with van der Waals surface area (Å²) in [7, 11) is 0. The summed E-state index contributed by atoms with van der Waals surface area (Å²) in [4.78, 5) is 0. The van der Waals surface area contributed by atoms with E-state index >= 15 is 0 Å². The lowest BCUT2D eigenvalue weighted by Gasteiger charge is -2.40. The maximum atomic E-state index is 2.50. The molecular weight excluding hydrogens is 96.1 g/mol. The van der Waals surface area contributed by atoms with Gasteiger partial charge in [-0.1, -0.05) is 19.3 Å². The second kappa shape index (κ2) is 1.75. The molecule has 8 heavy (non-hydrogen) atoms. The summed E-state index contributed by atoms with van der Waals surface area (Å²) < 4.78 is 0. The first-order chi connectivity index (χ1) is 3.97. The molecule has 0 bridgehead atoms. The molecule has 2 unspecified atom stereocenters. The molecule has 2 aliphatic rings. The third-order valence-corrected chi connectivity index (χ3v) is 2.71. The Morgan fingerprint density at radius 2 is 2.00 bits per heavy atom. The molecule has 2 fully saturated rings. The lowest BCUT2D eigenvalue weighted by atomic mass is 9.66. The smallest absolute Gasteiger partial charge is 0.0349 e. The first-order valence-electron chi connectivity index (χ1n) is 3.80. The number of rotatable bonds is 0. The summed E-state index contributed by atoms with van der Waals surface area (Å²) in [5.74, 6) is 2.19. The highest BCUT2D eigenvalue weighted by molar-refractivity contribution is 4.96. The molecule has 45 valence electrons. The Hall–Kier alpha value is 0. The summed E-state index contributed by atoms with van der Waals surface area (Å²) in [6.07, 6.45) is 9.98. The van der Waals surface area contributed by atoms with E-state index in [4.69, 9.17) is 0 Å². The molecule has 0 aromatic rings. The van der Waals surface area contributed by atoms with Crippen LogP contribution in [0.2, 0.25) is 0 Å². The molecule has 2 saturated carbocycles. The normalized spacial score (nSPS) is 45.0. The Morgan fingerprint density at radius 1 is 1.12 bits per heavy atom. The standard InChI is InChI=1S/C8H13/c1-2-4-8-6-5-7(8)3-1/h5,7-8H,1-4,6H2. The summed E-state index contributed by atoms with van der Waals surface area (Å²) in [5.41, 5.74) is 0. The van der Waals surface area contributed by atoms with E-state index in [1.165, 1.54) is 32.1 Å². The summed E-state index contributed by atoms with van der Waals surface area (Å²) in [6.45, 7) is 0. The highest BCUT2D eigenvalue weighted by Crippen LogP contribution is 2.43. The topological polar surface area (TPSA) is 0 Å². The van der Waals surface area contributed by atoms with E-state index in [1.807, 2.05) is 0 Å². The molecule has 0 heterocycles. The third kappa shape index (κ3) is 0.586. The highest BCUT2D eigenvalue weighted by atomic mass is 14.4. The van der Waals surface area contributed by atoms with Crippen LogP contribution in [0.15, 0.2) is 0 Å². The van der Waals surface area contributed by atoms with Gasteiger partial charge in [0.2, 0.25) is 0 Å². The largest absolute Gasteiger partial charge is 0.0530 e. The second-order valence-electron chi connectivity index (χ2n) is 3.18. The fraction of sp³-hybridized carbons (Fsp3) is 0.875. The molecule has 0 aromatic heterocycles. The van der Waals surface area contributed by atoms with Crippen molar-refractivity contribution < 1.29 is 0 Å². The Kier molecular flexibility index (Phi) is 1.06. The van der Waals surface area contributed by atoms with E-state index in [0.717, 1.165) is 11.8 Å². The molecular formula is C8H13. The molecule has 0 saturated heterocycles. The number of hydrogen-bond acceptors (Lipinski definition) is 0. The van der Waals surface area contributed by atoms with Crippen LogP contribution >= 0.6 is 0 Å². The van der Waals surface area contributed by atoms with Gasteiger partial charge < -0.3 is 0 Å². The van der Waals surface area contributed by atoms with Gasteiger partial charge in [-0.15, -0.1) is 0 Å². The van der Waals surface area contributed by atoms with E-state index in [2.05, 4.69) is 6.42 Å². The van der Waals surface area contributed by atoms with Crippen LogP contribution in [0.25, 0.3) is 0 Å². The Bertz CT molecular complexity index is 74.0. The van der Waals surface area contributed by atoms with Crippen molar-refractivity contribution in [1.82, 2.24) is 0 Å². The predicted octanol–water partition coefficient (Wildman–Crippen LogP) is 2.40. The van der Waals surface area contributed by atoms with Gasteiger partial charge in [-0.05, 0) is 31.1 Å². The lowest BCUT2D eigenvalue weighted by molar-refractivity contribution is 0.186. The van der Waals surface area contributed by atoms with E-state index in [-0.39, 0.29) is 0 Å². The first-order valence-corrected chi connectivity index (χ1v) is 3.80. The molecule has 2 atom stereocenters. The third-order valence-electron chi connectivity index (χ3n) is 2.71. The Balaban J connectivity index is 1.92. The molecule has 0 amide bonds. The van der Waals surface area contributed by atoms with E-state index in [1.54, 1.807) is 0 Å². The van der Waals surface area contributed by atoms with Gasteiger partial charge in [0.05, 0.1) is 0 Å². The van der Waals surface area contributed by atoms with Gasteiger partial charge in [-0.25, -0.2) is 0 Å². The quantitative estimate of drug-likeness (QED) is 0.448. The van der Waals surface area contributed by atoms with Crippen LogP contribution in [-0.4, -0.2) is 0 Å². The fourth-order valence-electron chi connectivity index (χ4n) is 1.99. The fourth-order valence-corrected chi connectivity index (χ4v) is 1.99. The van der Waals surface area contributed by atoms with Gasteiger partial charge in [-0.3, -0.25) is 0 Å². The van der Waals surface area contributed by atoms with Crippen LogP contribution in [0.3, 0.4) is 0 Å². The average Bonchev–Trinajstić information content (AvgIpc) is 1.72. The van der Waals surface area contributed by atoms with Gasteiger partial charge in [0.25, 0.3) is 0 Å². The molecule has 0 N–H and O–H groups in total. The van der Waals surface area contributed by atoms with Crippen molar-refractivity contribution in [3.8, 4) is 0 Å². The van der Waals surface area contributed by atoms with Gasteiger partial charge in [0.1, 0.15) is 0 Å². The van der Waals surface area contributed by atoms with Gasteiger partial charge >= 0.3 is 0 Å². The molecule has 2 rings (SSSR count). The lowest BCUT2D eigenvalue weighted by Crippen LogP contribution is -2.29. The summed E-state index contributed by atoms with van der Waals surface area (Å²) in [6, 6.07) is 0. The van der Waals surface area contributed by atoms with Crippen LogP contribution in [0.5, 0.6) is 0 Å². The zero-order valence-corrected chi connectivity index (χ0v) is 5.27. The minimum atomic E-state index is 1.06. The van der Waals surface area contributed by atoms with Crippen LogP contribution in [0, 0.1) is 18.3 Å². The van der Waals surface area contributed by atoms with E-state index in [9.17, 15) is 0 Å². The van der Waals surface area contributed by atoms with Crippen LogP contribution in [0.4, 0.5) is 0 Å². The van der Waals surface area contributed by atoms with Crippen molar-refractivity contribution in [2.45, 2.75) is 32.1 Å². The predicted molar refractivity (Wildman–Crippen MR) is 34.4 cm³/mol. The van der Waals surface area contributed by atoms with Crippen LogP contribution in [0.1, 0.15) is 32.1 Å². The molecule has 1 radical (unpaired) electrons. The van der Waals surface area contributed by atoms with Crippen molar-refractivity contribution in [1.29, 1.82) is 0 Å². The minimum absolute atomic E-state index is 1.06. The molecule has 0 spiro atoms. The van der Waals surface area contributed by atoms with E-state index in [0.29, 0.717) is 0 Å². The zero-order chi connectivity index (χ0) is 5.40. The Morgan fingerprint density at radius 3 is 2.38 bits per heavy atom. The van der Waals surface area contributed by atoms with Gasteiger partial charge in [0, 0.05) is 0 Å². The second-order valence-corrected chi connectivity index (χ2v) is 3.18. The monoisotopic (exact) mass is 109 g/mol. The summed E-state index contributed by atoms with van der Waals surface area (Å²) in [5, 5.41) is 0. The SMILES string of the molecule is [CH]1CC2CCCCC12.